The lowest BCUT2D eigenvalue weighted by atomic mass is 10.0. The van der Waals surface area contributed by atoms with Gasteiger partial charge in [-0.2, -0.15) is 0 Å². The van der Waals surface area contributed by atoms with Gasteiger partial charge in [-0.15, -0.1) is 0 Å². The summed E-state index contributed by atoms with van der Waals surface area (Å²) in [6, 6.07) is 7.20. The fourth-order valence-electron chi connectivity index (χ4n) is 2.87. The molecular weight excluding hydrogens is 338 g/mol. The van der Waals surface area contributed by atoms with Crippen LogP contribution in [-0.4, -0.2) is 24.0 Å². The molecule has 7 N–H and O–H groups in total. The maximum atomic E-state index is 8.03. The Morgan fingerprint density at radius 1 is 0.704 bits per heavy atom. The maximum absolute atomic E-state index is 8.03. The van der Waals surface area contributed by atoms with E-state index >= 15 is 0 Å². The molecule has 0 heterocycles. The van der Waals surface area contributed by atoms with Crippen LogP contribution in [0.5, 0.6) is 5.75 Å². The molecule has 0 bridgehead atoms. The average Bonchev–Trinajstić information content (AvgIpc) is 2.64. The van der Waals surface area contributed by atoms with Gasteiger partial charge in [0.1, 0.15) is 11.6 Å². The molecule has 0 amide bonds. The zero-order valence-corrected chi connectivity index (χ0v) is 16.4. The van der Waals surface area contributed by atoms with Crippen molar-refractivity contribution < 1.29 is 4.74 Å². The van der Waals surface area contributed by atoms with Crippen LogP contribution in [0.1, 0.15) is 76.2 Å². The summed E-state index contributed by atoms with van der Waals surface area (Å²) in [5, 5.41) is 22.6. The fourth-order valence-corrected chi connectivity index (χ4v) is 2.87. The molecule has 0 fully saturated rings. The molecule has 150 valence electrons. The van der Waals surface area contributed by atoms with Crippen LogP contribution in [0.25, 0.3) is 0 Å². The third-order valence-corrected chi connectivity index (χ3v) is 4.48. The fraction of sp³-hybridized carbons (Fsp3) is 0.571. The third-order valence-electron chi connectivity index (χ3n) is 4.48. The number of ether oxygens (including phenoxy) is 1. The molecule has 1 rings (SSSR count). The van der Waals surface area contributed by atoms with Gasteiger partial charge in [0.05, 0.1) is 12.4 Å². The van der Waals surface area contributed by atoms with Crippen LogP contribution < -0.4 is 16.2 Å². The van der Waals surface area contributed by atoms with E-state index in [9.17, 15) is 0 Å². The van der Waals surface area contributed by atoms with Gasteiger partial charge in [-0.05, 0) is 56.4 Å². The van der Waals surface area contributed by atoms with Gasteiger partial charge in [0.2, 0.25) is 0 Å². The summed E-state index contributed by atoms with van der Waals surface area (Å²) in [6.45, 7) is 0.599. The molecule has 0 aromatic heterocycles. The molecule has 0 aliphatic rings. The number of benzene rings is 1. The van der Waals surface area contributed by atoms with Gasteiger partial charge in [0, 0.05) is 17.7 Å². The first-order valence-electron chi connectivity index (χ1n) is 9.95. The van der Waals surface area contributed by atoms with E-state index in [4.69, 9.17) is 32.4 Å². The summed E-state index contributed by atoms with van der Waals surface area (Å²) in [6.07, 6.45) is 11.4. The number of unbranched alkanes of at least 4 members (excludes halogenated alkanes) is 6. The molecule has 6 heteroatoms. The summed E-state index contributed by atoms with van der Waals surface area (Å²) in [5.74, 6) is 1.13. The van der Waals surface area contributed by atoms with Crippen molar-refractivity contribution in [3.63, 3.8) is 0 Å². The number of rotatable bonds is 16. The lowest BCUT2D eigenvalue weighted by Gasteiger charge is -2.08. The lowest BCUT2D eigenvalue weighted by molar-refractivity contribution is 0.313. The second kappa shape index (κ2) is 13.8. The SMILES string of the molecule is N=C(N)CCCCCCCCCC(=N)CCCOc1ccc(C(=N)N)cc1. The lowest BCUT2D eigenvalue weighted by Crippen LogP contribution is -2.10. The summed E-state index contributed by atoms with van der Waals surface area (Å²) in [7, 11) is 0. The second-order valence-electron chi connectivity index (χ2n) is 6.99. The summed E-state index contributed by atoms with van der Waals surface area (Å²) in [5.41, 5.74) is 12.3. The molecule has 0 spiro atoms. The van der Waals surface area contributed by atoms with Crippen molar-refractivity contribution in [3.05, 3.63) is 29.8 Å². The zero-order valence-electron chi connectivity index (χ0n) is 16.4. The summed E-state index contributed by atoms with van der Waals surface area (Å²) in [4.78, 5) is 0. The molecule has 1 aromatic carbocycles. The largest absolute Gasteiger partial charge is 0.494 e. The minimum Gasteiger partial charge on any atom is -0.494 e. The highest BCUT2D eigenvalue weighted by Crippen LogP contribution is 2.13. The number of nitrogen functional groups attached to an aromatic ring is 1. The molecule has 0 saturated carbocycles. The van der Waals surface area contributed by atoms with Gasteiger partial charge < -0.3 is 21.6 Å². The predicted molar refractivity (Wildman–Crippen MR) is 113 cm³/mol. The Labute approximate surface area is 163 Å². The smallest absolute Gasteiger partial charge is 0.122 e. The molecule has 1 aromatic rings. The highest BCUT2D eigenvalue weighted by Gasteiger charge is 2.01. The average molecular weight is 374 g/mol. The molecule has 0 radical (unpaired) electrons. The molecule has 0 aliphatic carbocycles. The van der Waals surface area contributed by atoms with Crippen molar-refractivity contribution in [2.75, 3.05) is 6.61 Å². The Kier molecular flexibility index (Phi) is 11.6. The van der Waals surface area contributed by atoms with Gasteiger partial charge >= 0.3 is 0 Å². The normalized spacial score (nSPS) is 10.5. The quantitative estimate of drug-likeness (QED) is 0.165. The minimum atomic E-state index is 0.0583. The topological polar surface area (TPSA) is 133 Å². The van der Waals surface area contributed by atoms with Gasteiger partial charge in [0.15, 0.2) is 0 Å². The van der Waals surface area contributed by atoms with Gasteiger partial charge in [-0.3, -0.25) is 10.8 Å². The van der Waals surface area contributed by atoms with E-state index < -0.39 is 0 Å². The van der Waals surface area contributed by atoms with Crippen LogP contribution in [0.4, 0.5) is 0 Å². The van der Waals surface area contributed by atoms with Crippen LogP contribution >= 0.6 is 0 Å². The van der Waals surface area contributed by atoms with Crippen LogP contribution in [0.3, 0.4) is 0 Å². The Hall–Kier alpha value is -2.37. The minimum absolute atomic E-state index is 0.0583. The van der Waals surface area contributed by atoms with E-state index in [2.05, 4.69) is 0 Å². The molecule has 6 nitrogen and oxygen atoms in total. The van der Waals surface area contributed by atoms with E-state index in [1.54, 1.807) is 12.1 Å². The number of nitrogens with two attached hydrogens (primary N) is 2. The van der Waals surface area contributed by atoms with Crippen molar-refractivity contribution in [1.82, 2.24) is 0 Å². The highest BCUT2D eigenvalue weighted by molar-refractivity contribution is 5.94. The van der Waals surface area contributed by atoms with Gasteiger partial charge in [-0.25, -0.2) is 0 Å². The molecular formula is C21H35N5O. The second-order valence-corrected chi connectivity index (χ2v) is 6.99. The van der Waals surface area contributed by atoms with E-state index in [1.165, 1.54) is 25.7 Å². The zero-order chi connectivity index (χ0) is 19.9. The Bertz CT molecular complexity index is 583. The van der Waals surface area contributed by atoms with Crippen molar-refractivity contribution in [3.8, 4) is 5.75 Å². The first-order valence-corrected chi connectivity index (χ1v) is 9.95. The molecule has 27 heavy (non-hydrogen) atoms. The predicted octanol–water partition coefficient (Wildman–Crippen LogP) is 4.60. The summed E-state index contributed by atoms with van der Waals surface area (Å²) < 4.78 is 5.67. The van der Waals surface area contributed by atoms with Crippen molar-refractivity contribution >= 4 is 17.4 Å². The van der Waals surface area contributed by atoms with E-state index in [-0.39, 0.29) is 5.84 Å². The van der Waals surface area contributed by atoms with E-state index in [1.807, 2.05) is 12.1 Å². The van der Waals surface area contributed by atoms with E-state index in [0.29, 0.717) is 18.0 Å². The monoisotopic (exact) mass is 373 g/mol. The Morgan fingerprint density at radius 3 is 1.78 bits per heavy atom. The third kappa shape index (κ3) is 11.8. The standard InChI is InChI=1S/C21H35N5O/c22-18(9-6-4-2-1-3-5-7-11-20(23)24)10-8-16-27-19-14-12-17(13-15-19)21(25)26/h12-15,22H,1-11,16H2,(H3,23,24)(H3,25,26). The number of amidine groups is 2. The molecule has 0 saturated heterocycles. The van der Waals surface area contributed by atoms with Crippen LogP contribution in [0, 0.1) is 16.2 Å². The molecule has 0 unspecified atom stereocenters. The van der Waals surface area contributed by atoms with Crippen molar-refractivity contribution in [2.24, 2.45) is 11.5 Å². The van der Waals surface area contributed by atoms with Gasteiger partial charge in [-0.1, -0.05) is 32.1 Å². The van der Waals surface area contributed by atoms with Crippen LogP contribution in [-0.2, 0) is 0 Å². The Balaban J connectivity index is 1.95. The van der Waals surface area contributed by atoms with Gasteiger partial charge in [0.25, 0.3) is 0 Å². The number of nitrogens with one attached hydrogen (secondary N) is 3. The Morgan fingerprint density at radius 2 is 1.22 bits per heavy atom. The maximum Gasteiger partial charge on any atom is 0.122 e. The number of hydrogen-bond donors (Lipinski definition) is 5. The molecule has 0 aliphatic heterocycles. The first-order chi connectivity index (χ1) is 13.0. The molecule has 0 atom stereocenters. The van der Waals surface area contributed by atoms with Crippen molar-refractivity contribution in [1.29, 1.82) is 16.2 Å². The summed E-state index contributed by atoms with van der Waals surface area (Å²) >= 11 is 0. The highest BCUT2D eigenvalue weighted by atomic mass is 16.5. The van der Waals surface area contributed by atoms with Crippen LogP contribution in [0.2, 0.25) is 0 Å². The number of hydrogen-bond acceptors (Lipinski definition) is 4. The van der Waals surface area contributed by atoms with E-state index in [0.717, 1.165) is 56.4 Å². The van der Waals surface area contributed by atoms with Crippen LogP contribution in [0.15, 0.2) is 24.3 Å². The van der Waals surface area contributed by atoms with Crippen molar-refractivity contribution in [2.45, 2.75) is 70.6 Å². The first kappa shape index (κ1) is 22.7.